The number of para-hydroxylation sites is 2. The summed E-state index contributed by atoms with van der Waals surface area (Å²) in [6.45, 7) is 0. The van der Waals surface area contributed by atoms with Gasteiger partial charge in [-0.2, -0.15) is 0 Å². The number of hydrogen-bond acceptors (Lipinski definition) is 6. The molecule has 0 aliphatic heterocycles. The molecule has 6 heteroatoms. The second kappa shape index (κ2) is 9.69. The van der Waals surface area contributed by atoms with Crippen LogP contribution in [0.2, 0.25) is 0 Å². The van der Waals surface area contributed by atoms with E-state index in [0.717, 1.165) is 44.2 Å². The van der Waals surface area contributed by atoms with Crippen molar-refractivity contribution in [2.24, 2.45) is 0 Å². The van der Waals surface area contributed by atoms with E-state index in [1.54, 1.807) is 23.5 Å². The number of aromatic nitrogens is 2. The molecular weight excluding hydrogens is 408 g/mol. The van der Waals surface area contributed by atoms with Crippen LogP contribution in [0.15, 0.2) is 95.0 Å². The normalized spacial score (nSPS) is 10.6. The largest absolute Gasteiger partial charge is 0.340 e. The van der Waals surface area contributed by atoms with Crippen molar-refractivity contribution < 1.29 is 0 Å². The lowest BCUT2D eigenvalue weighted by Gasteiger charge is -2.16. The molecule has 0 aliphatic rings. The second-order valence-corrected chi connectivity index (χ2v) is 8.12. The van der Waals surface area contributed by atoms with Crippen molar-refractivity contribution in [2.75, 3.05) is 23.1 Å². The number of nitrogens with one attached hydrogen (secondary N) is 2. The summed E-state index contributed by atoms with van der Waals surface area (Å²) in [6.07, 6.45) is 4.06. The fourth-order valence-corrected chi connectivity index (χ4v) is 3.93. The molecule has 4 rings (SSSR count). The van der Waals surface area contributed by atoms with Crippen molar-refractivity contribution in [3.05, 3.63) is 84.9 Å². The summed E-state index contributed by atoms with van der Waals surface area (Å²) in [5.41, 5.74) is 4.20. The van der Waals surface area contributed by atoms with Gasteiger partial charge in [-0.3, -0.25) is 0 Å². The van der Waals surface area contributed by atoms with E-state index < -0.39 is 0 Å². The lowest BCUT2D eigenvalue weighted by molar-refractivity contribution is 1.14. The summed E-state index contributed by atoms with van der Waals surface area (Å²) in [5.74, 6) is 1.66. The molecule has 0 saturated heterocycles. The van der Waals surface area contributed by atoms with Crippen LogP contribution in [0.4, 0.5) is 23.0 Å². The molecule has 0 aliphatic carbocycles. The van der Waals surface area contributed by atoms with Gasteiger partial charge in [0.1, 0.15) is 11.6 Å². The van der Waals surface area contributed by atoms with E-state index in [9.17, 15) is 0 Å². The van der Waals surface area contributed by atoms with Crippen LogP contribution in [0.5, 0.6) is 0 Å². The maximum absolute atomic E-state index is 4.65. The topological polar surface area (TPSA) is 49.8 Å². The Morgan fingerprint density at radius 2 is 0.967 bits per heavy atom. The van der Waals surface area contributed by atoms with E-state index in [1.165, 1.54) is 0 Å². The Bertz CT molecular complexity index is 1060. The Balaban J connectivity index is 1.69. The Morgan fingerprint density at radius 3 is 1.40 bits per heavy atom. The monoisotopic (exact) mass is 430 g/mol. The van der Waals surface area contributed by atoms with Crippen LogP contribution < -0.4 is 10.6 Å². The van der Waals surface area contributed by atoms with Gasteiger partial charge >= 0.3 is 0 Å². The highest BCUT2D eigenvalue weighted by molar-refractivity contribution is 7.98. The zero-order valence-electron chi connectivity index (χ0n) is 16.8. The number of thioether (sulfide) groups is 2. The van der Waals surface area contributed by atoms with Gasteiger partial charge in [0.25, 0.3) is 0 Å². The van der Waals surface area contributed by atoms with Crippen molar-refractivity contribution in [3.63, 3.8) is 0 Å². The highest BCUT2D eigenvalue weighted by atomic mass is 32.2. The molecule has 0 atom stereocenters. The van der Waals surface area contributed by atoms with Crippen LogP contribution >= 0.6 is 23.5 Å². The maximum atomic E-state index is 4.65. The number of pyridine rings is 2. The summed E-state index contributed by atoms with van der Waals surface area (Å²) in [4.78, 5) is 9.31. The van der Waals surface area contributed by atoms with Crippen molar-refractivity contribution in [2.45, 2.75) is 10.1 Å². The Hall–Kier alpha value is -2.96. The van der Waals surface area contributed by atoms with Gasteiger partial charge in [-0.15, -0.1) is 23.5 Å². The van der Waals surface area contributed by atoms with Crippen LogP contribution in [0, 0.1) is 0 Å². The summed E-state index contributed by atoms with van der Waals surface area (Å²) in [5, 5.41) is 8.94. The third-order valence-electron chi connectivity index (χ3n) is 4.54. The smallest absolute Gasteiger partial charge is 0.131 e. The summed E-state index contributed by atoms with van der Waals surface area (Å²) >= 11 is 3.26. The first-order valence-electron chi connectivity index (χ1n) is 9.51. The molecular formula is C24H22N4S2. The first-order valence-corrected chi connectivity index (χ1v) is 12.0. The lowest BCUT2D eigenvalue weighted by Crippen LogP contribution is -1.99. The quantitative estimate of drug-likeness (QED) is 0.306. The van der Waals surface area contributed by atoms with E-state index in [0.29, 0.717) is 0 Å². The average molecular weight is 431 g/mol. The minimum absolute atomic E-state index is 0.828. The highest BCUT2D eigenvalue weighted by Gasteiger charge is 2.11. The highest BCUT2D eigenvalue weighted by Crippen LogP contribution is 2.36. The number of rotatable bonds is 7. The predicted molar refractivity (Wildman–Crippen MR) is 130 cm³/mol. The van der Waals surface area contributed by atoms with Gasteiger partial charge in [0.05, 0.1) is 10.1 Å². The molecule has 2 aromatic heterocycles. The first-order chi connectivity index (χ1) is 14.8. The van der Waals surface area contributed by atoms with Crippen LogP contribution in [-0.4, -0.2) is 22.5 Å². The van der Waals surface area contributed by atoms with Crippen LogP contribution in [-0.2, 0) is 0 Å². The minimum Gasteiger partial charge on any atom is -0.340 e. The molecule has 4 nitrogen and oxygen atoms in total. The molecule has 4 aromatic rings. The van der Waals surface area contributed by atoms with E-state index in [1.807, 2.05) is 61.0 Å². The van der Waals surface area contributed by atoms with Gasteiger partial charge in [-0.25, -0.2) is 9.97 Å². The molecule has 0 spiro atoms. The average Bonchev–Trinajstić information content (AvgIpc) is 2.80. The SMILES string of the molecule is CSc1cccc(Nc2ccccc2-c2ccccc2Nc2cccc(SC)n2)n1. The molecule has 30 heavy (non-hydrogen) atoms. The van der Waals surface area contributed by atoms with E-state index in [4.69, 9.17) is 0 Å². The standard InChI is InChI=1S/C24H22N4S2/c1-29-23-15-7-13-21(27-23)25-19-11-5-3-9-17(19)18-10-4-6-12-20(18)26-22-14-8-16-24(28-22)30-2/h3-16H,1-2H3,(H,25,27)(H,26,28). The van der Waals surface area contributed by atoms with Gasteiger partial charge < -0.3 is 10.6 Å². The third kappa shape index (κ3) is 4.78. The molecule has 2 aromatic carbocycles. The number of benzene rings is 2. The summed E-state index contributed by atoms with van der Waals surface area (Å²) < 4.78 is 0. The molecule has 2 N–H and O–H groups in total. The fraction of sp³-hybridized carbons (Fsp3) is 0.0833. The molecule has 0 radical (unpaired) electrons. The maximum Gasteiger partial charge on any atom is 0.131 e. The molecule has 150 valence electrons. The molecule has 0 amide bonds. The summed E-state index contributed by atoms with van der Waals surface area (Å²) in [7, 11) is 0. The van der Waals surface area contributed by atoms with E-state index in [-0.39, 0.29) is 0 Å². The van der Waals surface area contributed by atoms with Gasteiger partial charge in [-0.1, -0.05) is 48.5 Å². The summed E-state index contributed by atoms with van der Waals surface area (Å²) in [6, 6.07) is 28.6. The van der Waals surface area contributed by atoms with Gasteiger partial charge in [-0.05, 0) is 48.9 Å². The van der Waals surface area contributed by atoms with Crippen LogP contribution in [0.1, 0.15) is 0 Å². The van der Waals surface area contributed by atoms with Gasteiger partial charge in [0.2, 0.25) is 0 Å². The van der Waals surface area contributed by atoms with Gasteiger partial charge in [0.15, 0.2) is 0 Å². The molecule has 0 saturated carbocycles. The van der Waals surface area contributed by atoms with Crippen molar-refractivity contribution in [1.82, 2.24) is 9.97 Å². The second-order valence-electron chi connectivity index (χ2n) is 6.47. The van der Waals surface area contributed by atoms with Crippen molar-refractivity contribution in [1.29, 1.82) is 0 Å². The fourth-order valence-electron chi connectivity index (χ4n) is 3.13. The van der Waals surface area contributed by atoms with E-state index >= 15 is 0 Å². The van der Waals surface area contributed by atoms with Gasteiger partial charge in [0, 0.05) is 22.5 Å². The molecule has 0 bridgehead atoms. The van der Waals surface area contributed by atoms with Crippen LogP contribution in [0.25, 0.3) is 11.1 Å². The number of nitrogens with zero attached hydrogens (tertiary/aromatic N) is 2. The molecule has 2 heterocycles. The Kier molecular flexibility index (Phi) is 6.57. The number of anilines is 4. The van der Waals surface area contributed by atoms with Crippen LogP contribution in [0.3, 0.4) is 0 Å². The molecule has 0 unspecified atom stereocenters. The predicted octanol–water partition coefficient (Wildman–Crippen LogP) is 7.07. The molecule has 0 fully saturated rings. The van der Waals surface area contributed by atoms with Crippen molar-refractivity contribution in [3.8, 4) is 11.1 Å². The first kappa shape index (κ1) is 20.3. The third-order valence-corrected chi connectivity index (χ3v) is 5.83. The minimum atomic E-state index is 0.828. The Labute approximate surface area is 185 Å². The number of hydrogen-bond donors (Lipinski definition) is 2. The van der Waals surface area contributed by atoms with Crippen molar-refractivity contribution >= 4 is 46.5 Å². The lowest BCUT2D eigenvalue weighted by atomic mass is 10.0. The Morgan fingerprint density at radius 1 is 0.533 bits per heavy atom. The zero-order valence-corrected chi connectivity index (χ0v) is 18.4. The van der Waals surface area contributed by atoms with E-state index in [2.05, 4.69) is 57.0 Å². The zero-order chi connectivity index (χ0) is 20.8.